The van der Waals surface area contributed by atoms with Gasteiger partial charge in [-0.2, -0.15) is 4.31 Å². The number of piperazine rings is 1. The first kappa shape index (κ1) is 21.1. The molecule has 1 aliphatic rings. The standard InChI is InChI=1S/C18H20N8O3S2/c1-13(27)23-18-20-11-17(30-18)31(28,29)26-8-6-25(7-9-26)16-10-15(21-12-22-16)24-14-4-2-3-5-19-14/h2-5,10-12H,6-9H2,1H3,(H,20,23,27)(H,19,21,22,24). The average Bonchev–Trinajstić information content (AvgIpc) is 3.23. The third-order valence-corrected chi connectivity index (χ3v) is 7.75. The van der Waals surface area contributed by atoms with Gasteiger partial charge in [-0.15, -0.1) is 0 Å². The summed E-state index contributed by atoms with van der Waals surface area (Å²) in [6, 6.07) is 7.35. The minimum Gasteiger partial charge on any atom is -0.354 e. The molecule has 0 saturated carbocycles. The second kappa shape index (κ2) is 8.91. The zero-order valence-electron chi connectivity index (χ0n) is 16.6. The molecule has 3 aromatic rings. The van der Waals surface area contributed by atoms with Crippen LogP contribution in [0.4, 0.5) is 22.6 Å². The van der Waals surface area contributed by atoms with E-state index in [0.717, 1.165) is 11.3 Å². The Kier molecular flexibility index (Phi) is 6.06. The van der Waals surface area contributed by atoms with Crippen molar-refractivity contribution in [3.8, 4) is 0 Å². The maximum absolute atomic E-state index is 12.9. The molecule has 0 atom stereocenters. The SMILES string of the molecule is CC(=O)Nc1ncc(S(=O)(=O)N2CCN(c3cc(Nc4ccccn4)ncn3)CC2)s1. The summed E-state index contributed by atoms with van der Waals surface area (Å²) in [6.45, 7) is 2.93. The molecular weight excluding hydrogens is 440 g/mol. The minimum absolute atomic E-state index is 0.105. The Morgan fingerprint density at radius 1 is 1.06 bits per heavy atom. The highest BCUT2D eigenvalue weighted by Gasteiger charge is 2.30. The smallest absolute Gasteiger partial charge is 0.254 e. The van der Waals surface area contributed by atoms with Crippen LogP contribution in [0.2, 0.25) is 0 Å². The minimum atomic E-state index is -3.67. The Morgan fingerprint density at radius 2 is 1.87 bits per heavy atom. The largest absolute Gasteiger partial charge is 0.354 e. The number of rotatable bonds is 6. The number of carbonyl (C=O) groups is 1. The van der Waals surface area contributed by atoms with E-state index in [-0.39, 0.29) is 15.2 Å². The monoisotopic (exact) mass is 460 g/mol. The van der Waals surface area contributed by atoms with Gasteiger partial charge in [0.2, 0.25) is 5.91 Å². The fourth-order valence-corrected chi connectivity index (χ4v) is 5.68. The van der Waals surface area contributed by atoms with Crippen LogP contribution in [-0.4, -0.2) is 64.7 Å². The highest BCUT2D eigenvalue weighted by Crippen LogP contribution is 2.27. The van der Waals surface area contributed by atoms with E-state index in [1.807, 2.05) is 29.2 Å². The van der Waals surface area contributed by atoms with Gasteiger partial charge in [-0.1, -0.05) is 17.4 Å². The van der Waals surface area contributed by atoms with Gasteiger partial charge in [0.25, 0.3) is 10.0 Å². The number of hydrogen-bond donors (Lipinski definition) is 2. The van der Waals surface area contributed by atoms with E-state index in [9.17, 15) is 13.2 Å². The van der Waals surface area contributed by atoms with Crippen LogP contribution in [0, 0.1) is 0 Å². The van der Waals surface area contributed by atoms with Crippen molar-refractivity contribution in [2.75, 3.05) is 41.7 Å². The maximum atomic E-state index is 12.9. The van der Waals surface area contributed by atoms with Gasteiger partial charge in [-0.3, -0.25) is 4.79 Å². The van der Waals surface area contributed by atoms with Crippen molar-refractivity contribution in [3.63, 3.8) is 0 Å². The Balaban J connectivity index is 1.41. The zero-order valence-corrected chi connectivity index (χ0v) is 18.2. The molecule has 0 aliphatic carbocycles. The summed E-state index contributed by atoms with van der Waals surface area (Å²) >= 11 is 0.941. The van der Waals surface area contributed by atoms with Crippen molar-refractivity contribution < 1.29 is 13.2 Å². The quantitative estimate of drug-likeness (QED) is 0.562. The number of anilines is 4. The number of carbonyl (C=O) groups excluding carboxylic acids is 1. The average molecular weight is 461 g/mol. The fraction of sp³-hybridized carbons (Fsp3) is 0.278. The molecule has 3 aromatic heterocycles. The second-order valence-electron chi connectivity index (χ2n) is 6.66. The number of amides is 1. The lowest BCUT2D eigenvalue weighted by Gasteiger charge is -2.34. The Morgan fingerprint density at radius 3 is 2.58 bits per heavy atom. The summed E-state index contributed by atoms with van der Waals surface area (Å²) < 4.78 is 27.3. The van der Waals surface area contributed by atoms with Gasteiger partial charge < -0.3 is 15.5 Å². The molecule has 1 aliphatic heterocycles. The number of aromatic nitrogens is 4. The zero-order chi connectivity index (χ0) is 21.8. The van der Waals surface area contributed by atoms with Gasteiger partial charge in [-0.25, -0.2) is 28.4 Å². The highest BCUT2D eigenvalue weighted by atomic mass is 32.2. The molecule has 0 unspecified atom stereocenters. The summed E-state index contributed by atoms with van der Waals surface area (Å²) in [7, 11) is -3.67. The molecule has 4 heterocycles. The Hall–Kier alpha value is -3.16. The van der Waals surface area contributed by atoms with E-state index < -0.39 is 10.0 Å². The molecule has 0 aromatic carbocycles. The third-order valence-electron chi connectivity index (χ3n) is 4.50. The highest BCUT2D eigenvalue weighted by molar-refractivity contribution is 7.91. The molecule has 2 N–H and O–H groups in total. The van der Waals surface area contributed by atoms with E-state index in [1.54, 1.807) is 6.20 Å². The molecule has 31 heavy (non-hydrogen) atoms. The van der Waals surface area contributed by atoms with Crippen LogP contribution in [0.3, 0.4) is 0 Å². The predicted octanol–water partition coefficient (Wildman–Crippen LogP) is 1.54. The molecule has 1 amide bonds. The summed E-state index contributed by atoms with van der Waals surface area (Å²) in [5.41, 5.74) is 0. The molecule has 11 nitrogen and oxygen atoms in total. The van der Waals surface area contributed by atoms with Crippen molar-refractivity contribution in [1.29, 1.82) is 0 Å². The number of sulfonamides is 1. The van der Waals surface area contributed by atoms with Gasteiger partial charge in [-0.05, 0) is 12.1 Å². The molecular formula is C18H20N8O3S2. The topological polar surface area (TPSA) is 133 Å². The van der Waals surface area contributed by atoms with Crippen LogP contribution in [0.25, 0.3) is 0 Å². The number of thiazole rings is 1. The molecule has 13 heteroatoms. The molecule has 1 fully saturated rings. The van der Waals surface area contributed by atoms with Crippen LogP contribution in [0.5, 0.6) is 0 Å². The first-order valence-electron chi connectivity index (χ1n) is 9.40. The molecule has 162 valence electrons. The first-order valence-corrected chi connectivity index (χ1v) is 11.7. The van der Waals surface area contributed by atoms with Gasteiger partial charge in [0.1, 0.15) is 23.8 Å². The summed E-state index contributed by atoms with van der Waals surface area (Å²) in [5, 5.41) is 5.89. The number of nitrogens with zero attached hydrogens (tertiary/aromatic N) is 6. The first-order chi connectivity index (χ1) is 14.9. The second-order valence-corrected chi connectivity index (χ2v) is 9.85. The van der Waals surface area contributed by atoms with E-state index in [4.69, 9.17) is 0 Å². The molecule has 1 saturated heterocycles. The predicted molar refractivity (Wildman–Crippen MR) is 117 cm³/mol. The lowest BCUT2D eigenvalue weighted by molar-refractivity contribution is -0.114. The van der Waals surface area contributed by atoms with E-state index in [0.29, 0.717) is 43.6 Å². The molecule has 0 radical (unpaired) electrons. The van der Waals surface area contributed by atoms with Gasteiger partial charge >= 0.3 is 0 Å². The molecule has 0 bridgehead atoms. The summed E-state index contributed by atoms with van der Waals surface area (Å²) in [4.78, 5) is 29.9. The molecule has 0 spiro atoms. The van der Waals surface area contributed by atoms with Crippen molar-refractivity contribution in [2.45, 2.75) is 11.1 Å². The van der Waals surface area contributed by atoms with Crippen LogP contribution >= 0.6 is 11.3 Å². The maximum Gasteiger partial charge on any atom is 0.254 e. The van der Waals surface area contributed by atoms with Crippen molar-refractivity contribution in [2.24, 2.45) is 0 Å². The summed E-state index contributed by atoms with van der Waals surface area (Å²) in [5.74, 6) is 1.69. The van der Waals surface area contributed by atoms with Gasteiger partial charge in [0.05, 0.1) is 6.20 Å². The lowest BCUT2D eigenvalue weighted by Crippen LogP contribution is -2.48. The summed E-state index contributed by atoms with van der Waals surface area (Å²) in [6.07, 6.45) is 4.43. The van der Waals surface area contributed by atoms with Crippen molar-refractivity contribution >= 4 is 49.9 Å². The van der Waals surface area contributed by atoms with Crippen LogP contribution in [0.1, 0.15) is 6.92 Å². The van der Waals surface area contributed by atoms with Gasteiger partial charge in [0.15, 0.2) is 9.34 Å². The van der Waals surface area contributed by atoms with Gasteiger partial charge in [0, 0.05) is 45.4 Å². The van der Waals surface area contributed by atoms with E-state index in [2.05, 4.69) is 30.6 Å². The van der Waals surface area contributed by atoms with Crippen molar-refractivity contribution in [1.82, 2.24) is 24.2 Å². The van der Waals surface area contributed by atoms with Crippen LogP contribution < -0.4 is 15.5 Å². The fourth-order valence-electron chi connectivity index (χ4n) is 3.03. The Bertz CT molecular complexity index is 1160. The van der Waals surface area contributed by atoms with E-state index in [1.165, 1.54) is 23.8 Å². The number of nitrogens with one attached hydrogen (secondary N) is 2. The third kappa shape index (κ3) is 4.95. The van der Waals surface area contributed by atoms with Crippen LogP contribution in [-0.2, 0) is 14.8 Å². The number of hydrogen-bond acceptors (Lipinski definition) is 10. The molecule has 4 rings (SSSR count). The van der Waals surface area contributed by atoms with E-state index >= 15 is 0 Å². The normalized spacial score (nSPS) is 14.9. The number of pyridine rings is 1. The lowest BCUT2D eigenvalue weighted by atomic mass is 10.3. The van der Waals surface area contributed by atoms with Crippen LogP contribution in [0.15, 0.2) is 47.2 Å². The Labute approximate surface area is 183 Å². The van der Waals surface area contributed by atoms with Crippen molar-refractivity contribution in [3.05, 3.63) is 43.0 Å².